The van der Waals surface area contributed by atoms with E-state index in [-0.39, 0.29) is 26.2 Å². The van der Waals surface area contributed by atoms with Crippen LogP contribution in [0.1, 0.15) is 439 Å². The van der Waals surface area contributed by atoms with Gasteiger partial charge in [-0.15, -0.1) is 0 Å². The number of aliphatic hydroxyl groups excluding tert-OH is 4. The molecule has 0 saturated carbocycles. The minimum absolute atomic E-state index is 0. The van der Waals surface area contributed by atoms with Crippen molar-refractivity contribution < 1.29 is 46.6 Å². The summed E-state index contributed by atoms with van der Waals surface area (Å²) in [4.78, 5) is 0. The summed E-state index contributed by atoms with van der Waals surface area (Å²) in [7, 11) is 0. The Morgan fingerprint density at radius 3 is 0.247 bits per heavy atom. The molecule has 0 aliphatic carbocycles. The molecule has 0 aliphatic heterocycles. The van der Waals surface area contributed by atoms with Crippen LogP contribution < -0.4 is 0 Å². The first-order chi connectivity index (χ1) is 37.7. The van der Waals surface area contributed by atoms with Crippen molar-refractivity contribution >= 4 is 0 Å². The summed E-state index contributed by atoms with van der Waals surface area (Å²) in [6.07, 6.45) is 88.7. The molecular weight excluding hydrogens is 1020 g/mol. The summed E-state index contributed by atoms with van der Waals surface area (Å²) in [6.45, 7) is 10.6. The fraction of sp³-hybridized carbons (Fsp3) is 1.00. The average Bonchev–Trinajstić information content (AvgIpc) is 3.43. The summed E-state index contributed by atoms with van der Waals surface area (Å²) in [5.74, 6) is 0. The molecule has 0 aromatic rings. The zero-order valence-electron chi connectivity index (χ0n) is 54.4. The summed E-state index contributed by atoms with van der Waals surface area (Å²) in [6, 6.07) is 0. The van der Waals surface area contributed by atoms with Gasteiger partial charge in [0.25, 0.3) is 0 Å². The van der Waals surface area contributed by atoms with E-state index in [0.717, 1.165) is 25.7 Å². The van der Waals surface area contributed by atoms with Crippen molar-refractivity contribution in [3.63, 3.8) is 0 Å². The van der Waals surface area contributed by atoms with Gasteiger partial charge >= 0.3 is 0 Å². The van der Waals surface area contributed by atoms with Crippen LogP contribution in [0, 0.1) is 0 Å². The van der Waals surface area contributed by atoms with Gasteiger partial charge in [0.2, 0.25) is 0 Å². The molecule has 0 bridgehead atoms. The minimum Gasteiger partial charge on any atom is -0.396 e. The molecule has 77 heavy (non-hydrogen) atoms. The fourth-order valence-electron chi connectivity index (χ4n) is 10.6. The Morgan fingerprint density at radius 1 is 0.117 bits per heavy atom. The number of unbranched alkanes of at least 4 members (excludes halogenated alkanes) is 60. The molecular formula is C72H152O4Zr. The van der Waals surface area contributed by atoms with Gasteiger partial charge in [-0.2, -0.15) is 0 Å². The van der Waals surface area contributed by atoms with Crippen molar-refractivity contribution in [3.05, 3.63) is 0 Å². The molecule has 0 aromatic heterocycles. The molecule has 0 amide bonds. The summed E-state index contributed by atoms with van der Waals surface area (Å²) in [5, 5.41) is 34.7. The fourth-order valence-corrected chi connectivity index (χ4v) is 10.6. The minimum atomic E-state index is 0. The first-order valence-corrected chi connectivity index (χ1v) is 36.1. The second-order valence-corrected chi connectivity index (χ2v) is 24.1. The zero-order valence-corrected chi connectivity index (χ0v) is 56.8. The van der Waals surface area contributed by atoms with Gasteiger partial charge in [-0.1, -0.05) is 413 Å². The first-order valence-electron chi connectivity index (χ1n) is 36.1. The molecule has 4 N–H and O–H groups in total. The van der Waals surface area contributed by atoms with Crippen LogP contribution in [-0.4, -0.2) is 46.9 Å². The third kappa shape index (κ3) is 102. The second kappa shape index (κ2) is 93.1. The standard InChI is InChI=1S/4C18H38O.Zr/c4*1-2-3-4-5-6-7-8-9-10-11-12-13-14-15-16-17-18-19;/h4*19H,2-18H2,1H3;. The molecule has 5 heteroatoms. The number of hydrogen-bond donors (Lipinski definition) is 4. The predicted octanol–water partition coefficient (Wildman–Crippen LogP) is 25.0. The molecule has 0 unspecified atom stereocenters. The quantitative estimate of drug-likeness (QED) is 0.0458. The van der Waals surface area contributed by atoms with E-state index in [1.807, 2.05) is 0 Å². The number of rotatable bonds is 64. The van der Waals surface area contributed by atoms with Crippen molar-refractivity contribution in [1.29, 1.82) is 0 Å². The molecule has 0 aromatic carbocycles. The molecule has 468 valence electrons. The van der Waals surface area contributed by atoms with E-state index in [0.29, 0.717) is 26.4 Å². The Kier molecular flexibility index (Phi) is 105. The van der Waals surface area contributed by atoms with Crippen LogP contribution in [-0.2, 0) is 26.2 Å². The van der Waals surface area contributed by atoms with E-state index in [2.05, 4.69) is 27.7 Å². The number of hydrogen-bond acceptors (Lipinski definition) is 4. The third-order valence-corrected chi connectivity index (χ3v) is 16.0. The van der Waals surface area contributed by atoms with Crippen LogP contribution >= 0.6 is 0 Å². The van der Waals surface area contributed by atoms with E-state index in [9.17, 15) is 0 Å². The molecule has 0 spiro atoms. The number of aliphatic hydroxyl groups is 4. The predicted molar refractivity (Wildman–Crippen MR) is 347 cm³/mol. The van der Waals surface area contributed by atoms with Gasteiger partial charge in [0.15, 0.2) is 0 Å². The summed E-state index contributed by atoms with van der Waals surface area (Å²) < 4.78 is 0. The third-order valence-electron chi connectivity index (χ3n) is 16.0. The van der Waals surface area contributed by atoms with Crippen LogP contribution in [0.3, 0.4) is 0 Å². The average molecular weight is 1170 g/mol. The van der Waals surface area contributed by atoms with Gasteiger partial charge < -0.3 is 20.4 Å². The van der Waals surface area contributed by atoms with Gasteiger partial charge in [-0.3, -0.25) is 0 Å². The van der Waals surface area contributed by atoms with Crippen LogP contribution in [0.25, 0.3) is 0 Å². The second-order valence-electron chi connectivity index (χ2n) is 24.1. The Labute approximate surface area is 508 Å². The Balaban J connectivity index is -0.000000298. The first kappa shape index (κ1) is 86.5. The van der Waals surface area contributed by atoms with Gasteiger partial charge in [0.05, 0.1) is 0 Å². The topological polar surface area (TPSA) is 80.9 Å². The van der Waals surface area contributed by atoms with E-state index >= 15 is 0 Å². The van der Waals surface area contributed by atoms with Crippen LogP contribution in [0.2, 0.25) is 0 Å². The van der Waals surface area contributed by atoms with Crippen molar-refractivity contribution in [2.24, 2.45) is 0 Å². The molecule has 0 atom stereocenters. The monoisotopic (exact) mass is 1170 g/mol. The summed E-state index contributed by atoms with van der Waals surface area (Å²) >= 11 is 0. The normalized spacial score (nSPS) is 10.9. The van der Waals surface area contributed by atoms with Crippen LogP contribution in [0.4, 0.5) is 0 Å². The maximum absolute atomic E-state index is 8.67. The van der Waals surface area contributed by atoms with Crippen molar-refractivity contribution in [2.75, 3.05) is 26.4 Å². The molecule has 0 radical (unpaired) electrons. The molecule has 0 rings (SSSR count). The summed E-state index contributed by atoms with van der Waals surface area (Å²) in [5.41, 5.74) is 0. The van der Waals surface area contributed by atoms with Gasteiger partial charge in [0.1, 0.15) is 0 Å². The Hall–Kier alpha value is 0.723. The Morgan fingerprint density at radius 2 is 0.182 bits per heavy atom. The van der Waals surface area contributed by atoms with Gasteiger partial charge in [-0.05, 0) is 25.7 Å². The SMILES string of the molecule is CCCCCCCCCCCCCCCCCCO.CCCCCCCCCCCCCCCCCCO.CCCCCCCCCCCCCCCCCCO.CCCCCCCCCCCCCCCCCCO.[Zr]. The largest absolute Gasteiger partial charge is 0.396 e. The molecule has 0 aliphatic rings. The maximum atomic E-state index is 8.67. The molecule has 0 heterocycles. The maximum Gasteiger partial charge on any atom is 0.0431 e. The van der Waals surface area contributed by atoms with Crippen LogP contribution in [0.5, 0.6) is 0 Å². The zero-order chi connectivity index (χ0) is 56.1. The van der Waals surface area contributed by atoms with E-state index in [1.54, 1.807) is 0 Å². The smallest absolute Gasteiger partial charge is 0.0431 e. The van der Waals surface area contributed by atoms with Crippen LogP contribution in [0.15, 0.2) is 0 Å². The van der Waals surface area contributed by atoms with Crippen molar-refractivity contribution in [2.45, 2.75) is 439 Å². The van der Waals surface area contributed by atoms with Gasteiger partial charge in [0, 0.05) is 52.6 Å². The molecule has 4 nitrogen and oxygen atoms in total. The van der Waals surface area contributed by atoms with E-state index < -0.39 is 0 Å². The molecule has 0 fully saturated rings. The van der Waals surface area contributed by atoms with Crippen molar-refractivity contribution in [3.8, 4) is 0 Å². The van der Waals surface area contributed by atoms with E-state index in [4.69, 9.17) is 20.4 Å². The Bertz CT molecular complexity index is 658. The van der Waals surface area contributed by atoms with Crippen molar-refractivity contribution in [1.82, 2.24) is 0 Å². The molecule has 0 saturated heterocycles. The van der Waals surface area contributed by atoms with Gasteiger partial charge in [-0.25, -0.2) is 0 Å². The van der Waals surface area contributed by atoms with E-state index in [1.165, 1.54) is 385 Å².